The molecule has 0 spiro atoms. The average Bonchev–Trinajstić information content (AvgIpc) is 2.32. The topological polar surface area (TPSA) is 16.1 Å². The summed E-state index contributed by atoms with van der Waals surface area (Å²) in [6.45, 7) is 5.07. The van der Waals surface area contributed by atoms with E-state index in [1.807, 2.05) is 6.20 Å². The van der Waals surface area contributed by atoms with Crippen molar-refractivity contribution in [3.63, 3.8) is 0 Å². The van der Waals surface area contributed by atoms with Gasteiger partial charge < -0.3 is 4.90 Å². The van der Waals surface area contributed by atoms with Crippen molar-refractivity contribution >= 4 is 21.7 Å². The van der Waals surface area contributed by atoms with Gasteiger partial charge in [0.15, 0.2) is 0 Å². The molecule has 3 heteroatoms. The van der Waals surface area contributed by atoms with Gasteiger partial charge in [-0.05, 0) is 47.0 Å². The second-order valence-corrected chi connectivity index (χ2v) is 5.49. The minimum Gasteiger partial charge on any atom is -0.355 e. The van der Waals surface area contributed by atoms with Gasteiger partial charge in [0.2, 0.25) is 0 Å². The fourth-order valence-corrected chi connectivity index (χ4v) is 2.12. The Morgan fingerprint density at radius 2 is 2.00 bits per heavy atom. The zero-order chi connectivity index (χ0) is 13.1. The molecule has 0 N–H and O–H groups in total. The van der Waals surface area contributed by atoms with Gasteiger partial charge in [0.1, 0.15) is 5.82 Å². The van der Waals surface area contributed by atoms with Crippen molar-refractivity contribution in [2.24, 2.45) is 0 Å². The molecular weight excluding hydrogens is 288 g/mol. The molecule has 2 rings (SSSR count). The SMILES string of the molecule is Cc1cccc(CN(C)c2cc(C)c(Br)cn2)c1. The number of hydrogen-bond acceptors (Lipinski definition) is 2. The van der Waals surface area contributed by atoms with Crippen LogP contribution in [0.2, 0.25) is 0 Å². The molecule has 0 fully saturated rings. The first-order chi connectivity index (χ1) is 8.56. The van der Waals surface area contributed by atoms with Crippen LogP contribution in [0.15, 0.2) is 41.0 Å². The second kappa shape index (κ2) is 5.53. The van der Waals surface area contributed by atoms with Gasteiger partial charge in [0.05, 0.1) is 0 Å². The molecule has 2 aromatic rings. The van der Waals surface area contributed by atoms with Crippen LogP contribution in [0.5, 0.6) is 0 Å². The van der Waals surface area contributed by atoms with Crippen molar-refractivity contribution in [1.29, 1.82) is 0 Å². The number of nitrogens with zero attached hydrogens (tertiary/aromatic N) is 2. The monoisotopic (exact) mass is 304 g/mol. The third-order valence-electron chi connectivity index (χ3n) is 2.93. The molecule has 0 unspecified atom stereocenters. The molecule has 2 nitrogen and oxygen atoms in total. The van der Waals surface area contributed by atoms with Crippen LogP contribution in [-0.2, 0) is 6.54 Å². The Kier molecular flexibility index (Phi) is 4.02. The van der Waals surface area contributed by atoms with E-state index >= 15 is 0 Å². The predicted molar refractivity (Wildman–Crippen MR) is 80.0 cm³/mol. The summed E-state index contributed by atoms with van der Waals surface area (Å²) in [5.74, 6) is 0.997. The highest BCUT2D eigenvalue weighted by Gasteiger charge is 2.05. The van der Waals surface area contributed by atoms with Crippen molar-refractivity contribution in [1.82, 2.24) is 4.98 Å². The highest BCUT2D eigenvalue weighted by Crippen LogP contribution is 2.20. The van der Waals surface area contributed by atoms with Crippen LogP contribution < -0.4 is 4.90 Å². The van der Waals surface area contributed by atoms with Gasteiger partial charge in [-0.15, -0.1) is 0 Å². The summed E-state index contributed by atoms with van der Waals surface area (Å²) in [5.41, 5.74) is 3.80. The van der Waals surface area contributed by atoms with Gasteiger partial charge in [0, 0.05) is 24.3 Å². The standard InChI is InChI=1S/C15H17BrN2/c1-11-5-4-6-13(7-11)10-18(3)15-8-12(2)14(16)9-17-15/h4-9H,10H2,1-3H3. The molecule has 1 aromatic heterocycles. The predicted octanol–water partition coefficient (Wildman–Crippen LogP) is 4.10. The summed E-state index contributed by atoms with van der Waals surface area (Å²) >= 11 is 3.47. The molecule has 0 aliphatic carbocycles. The summed E-state index contributed by atoms with van der Waals surface area (Å²) in [6.07, 6.45) is 1.86. The quantitative estimate of drug-likeness (QED) is 0.849. The molecule has 94 valence electrons. The van der Waals surface area contributed by atoms with E-state index in [9.17, 15) is 0 Å². The van der Waals surface area contributed by atoms with Gasteiger partial charge in [-0.2, -0.15) is 0 Å². The number of pyridine rings is 1. The van der Waals surface area contributed by atoms with E-state index < -0.39 is 0 Å². The van der Waals surface area contributed by atoms with Gasteiger partial charge in [-0.1, -0.05) is 29.8 Å². The van der Waals surface area contributed by atoms with Crippen LogP contribution >= 0.6 is 15.9 Å². The normalized spacial score (nSPS) is 10.4. The van der Waals surface area contributed by atoms with Crippen molar-refractivity contribution < 1.29 is 0 Å². The smallest absolute Gasteiger partial charge is 0.128 e. The molecule has 0 bridgehead atoms. The number of aromatic nitrogens is 1. The van der Waals surface area contributed by atoms with E-state index in [2.05, 4.69) is 77.0 Å². The lowest BCUT2D eigenvalue weighted by Crippen LogP contribution is -2.17. The molecule has 0 aliphatic heterocycles. The van der Waals surface area contributed by atoms with Crippen molar-refractivity contribution in [3.8, 4) is 0 Å². The maximum atomic E-state index is 4.44. The van der Waals surface area contributed by atoms with Crippen molar-refractivity contribution in [3.05, 3.63) is 57.7 Å². The highest BCUT2D eigenvalue weighted by molar-refractivity contribution is 9.10. The van der Waals surface area contributed by atoms with Crippen LogP contribution in [-0.4, -0.2) is 12.0 Å². The number of aryl methyl sites for hydroxylation is 2. The first-order valence-corrected chi connectivity index (χ1v) is 6.74. The van der Waals surface area contributed by atoms with E-state index in [1.165, 1.54) is 16.7 Å². The molecule has 0 aliphatic rings. The van der Waals surface area contributed by atoms with Gasteiger partial charge in [-0.3, -0.25) is 0 Å². The molecular formula is C15H17BrN2. The van der Waals surface area contributed by atoms with E-state index in [4.69, 9.17) is 0 Å². The van der Waals surface area contributed by atoms with Crippen LogP contribution in [0, 0.1) is 13.8 Å². The summed E-state index contributed by atoms with van der Waals surface area (Å²) in [4.78, 5) is 6.60. The maximum Gasteiger partial charge on any atom is 0.128 e. The first kappa shape index (κ1) is 13.1. The van der Waals surface area contributed by atoms with E-state index in [0.717, 1.165) is 16.8 Å². The molecule has 0 saturated carbocycles. The van der Waals surface area contributed by atoms with Crippen molar-refractivity contribution in [2.75, 3.05) is 11.9 Å². The Labute approximate surface area is 117 Å². The van der Waals surface area contributed by atoms with Gasteiger partial charge >= 0.3 is 0 Å². The number of anilines is 1. The molecule has 0 radical (unpaired) electrons. The summed E-state index contributed by atoms with van der Waals surface area (Å²) in [7, 11) is 2.07. The molecule has 0 amide bonds. The summed E-state index contributed by atoms with van der Waals surface area (Å²) < 4.78 is 1.05. The average molecular weight is 305 g/mol. The Hall–Kier alpha value is -1.35. The van der Waals surface area contributed by atoms with Crippen molar-refractivity contribution in [2.45, 2.75) is 20.4 Å². The van der Waals surface area contributed by atoms with Gasteiger partial charge in [0.25, 0.3) is 0 Å². The van der Waals surface area contributed by atoms with E-state index in [1.54, 1.807) is 0 Å². The van der Waals surface area contributed by atoms with Gasteiger partial charge in [-0.25, -0.2) is 4.98 Å². The minimum atomic E-state index is 0.871. The fraction of sp³-hybridized carbons (Fsp3) is 0.267. The lowest BCUT2D eigenvalue weighted by molar-refractivity contribution is 0.894. The Bertz CT molecular complexity index is 552. The van der Waals surface area contributed by atoms with E-state index in [0.29, 0.717) is 0 Å². The number of benzene rings is 1. The third-order valence-corrected chi connectivity index (χ3v) is 3.76. The molecule has 0 atom stereocenters. The summed E-state index contributed by atoms with van der Waals surface area (Å²) in [6, 6.07) is 10.7. The Balaban J connectivity index is 2.16. The summed E-state index contributed by atoms with van der Waals surface area (Å²) in [5, 5.41) is 0. The Morgan fingerprint density at radius 1 is 1.22 bits per heavy atom. The minimum absolute atomic E-state index is 0.871. The van der Waals surface area contributed by atoms with Crippen LogP contribution in [0.3, 0.4) is 0 Å². The molecule has 1 aromatic carbocycles. The zero-order valence-electron chi connectivity index (χ0n) is 10.9. The number of rotatable bonds is 3. The largest absolute Gasteiger partial charge is 0.355 e. The van der Waals surface area contributed by atoms with Crippen LogP contribution in [0.1, 0.15) is 16.7 Å². The van der Waals surface area contributed by atoms with Crippen LogP contribution in [0.25, 0.3) is 0 Å². The second-order valence-electron chi connectivity index (χ2n) is 4.64. The first-order valence-electron chi connectivity index (χ1n) is 5.95. The van der Waals surface area contributed by atoms with Crippen LogP contribution in [0.4, 0.5) is 5.82 Å². The fourth-order valence-electron chi connectivity index (χ4n) is 1.90. The zero-order valence-corrected chi connectivity index (χ0v) is 12.5. The lowest BCUT2D eigenvalue weighted by Gasteiger charge is -2.19. The number of halogens is 1. The molecule has 1 heterocycles. The van der Waals surface area contributed by atoms with E-state index in [-0.39, 0.29) is 0 Å². The lowest BCUT2D eigenvalue weighted by atomic mass is 10.1. The maximum absolute atomic E-state index is 4.44. The highest BCUT2D eigenvalue weighted by atomic mass is 79.9. The third kappa shape index (κ3) is 3.10. The Morgan fingerprint density at radius 3 is 2.67 bits per heavy atom. The molecule has 0 saturated heterocycles. The number of hydrogen-bond donors (Lipinski definition) is 0. The molecule has 18 heavy (non-hydrogen) atoms.